The van der Waals surface area contributed by atoms with E-state index < -0.39 is 0 Å². The van der Waals surface area contributed by atoms with Gasteiger partial charge in [-0.3, -0.25) is 4.79 Å². The van der Waals surface area contributed by atoms with Crippen molar-refractivity contribution in [3.05, 3.63) is 0 Å². The van der Waals surface area contributed by atoms with Crippen molar-refractivity contribution in [3.8, 4) is 0 Å². The van der Waals surface area contributed by atoms with E-state index in [-0.39, 0.29) is 12.0 Å². The van der Waals surface area contributed by atoms with Crippen LogP contribution in [0.3, 0.4) is 0 Å². The summed E-state index contributed by atoms with van der Waals surface area (Å²) < 4.78 is 4.76. The minimum absolute atomic E-state index is 0.0828. The molecule has 1 unspecified atom stereocenters. The number of hydrogen-bond donors (Lipinski definition) is 1. The molecule has 0 spiro atoms. The van der Waals surface area contributed by atoms with Gasteiger partial charge in [0.2, 0.25) is 0 Å². The molecule has 1 aliphatic carbocycles. The van der Waals surface area contributed by atoms with Crippen molar-refractivity contribution in [1.29, 1.82) is 0 Å². The topological polar surface area (TPSA) is 38.3 Å². The molecular formula is C11H21NO2. The van der Waals surface area contributed by atoms with E-state index in [4.69, 9.17) is 4.74 Å². The summed E-state index contributed by atoms with van der Waals surface area (Å²) >= 11 is 0. The van der Waals surface area contributed by atoms with E-state index in [0.29, 0.717) is 0 Å². The van der Waals surface area contributed by atoms with Gasteiger partial charge in [0.05, 0.1) is 7.11 Å². The number of hydrogen-bond acceptors (Lipinski definition) is 3. The summed E-state index contributed by atoms with van der Waals surface area (Å²) in [7, 11) is 1.46. The molecule has 1 saturated carbocycles. The largest absolute Gasteiger partial charge is 0.468 e. The molecule has 3 heteroatoms. The maximum Gasteiger partial charge on any atom is 0.322 e. The highest BCUT2D eigenvalue weighted by atomic mass is 16.5. The molecule has 14 heavy (non-hydrogen) atoms. The molecule has 0 aromatic rings. The number of nitrogens with one attached hydrogen (secondary N) is 1. The van der Waals surface area contributed by atoms with Crippen molar-refractivity contribution in [2.75, 3.05) is 13.7 Å². The molecule has 1 aliphatic rings. The fourth-order valence-electron chi connectivity index (χ4n) is 1.48. The Labute approximate surface area is 86.2 Å². The van der Waals surface area contributed by atoms with Gasteiger partial charge in [-0.15, -0.1) is 0 Å². The van der Waals surface area contributed by atoms with Crippen LogP contribution in [-0.2, 0) is 9.53 Å². The second kappa shape index (κ2) is 6.02. The van der Waals surface area contributed by atoms with Crippen LogP contribution in [0.2, 0.25) is 0 Å². The Morgan fingerprint density at radius 3 is 2.79 bits per heavy atom. The summed E-state index contributed by atoms with van der Waals surface area (Å²) in [5.41, 5.74) is 0. The number of esters is 1. The highest BCUT2D eigenvalue weighted by Gasteiger charge is 2.24. The molecule has 1 rings (SSSR count). The third-order valence-corrected chi connectivity index (χ3v) is 2.68. The number of methoxy groups -OCH3 is 1. The van der Waals surface area contributed by atoms with Crippen LogP contribution in [0.15, 0.2) is 0 Å². The summed E-state index contributed by atoms with van der Waals surface area (Å²) in [5, 5.41) is 3.29. The molecule has 0 radical (unpaired) electrons. The lowest BCUT2D eigenvalue weighted by Gasteiger charge is -2.15. The zero-order chi connectivity index (χ0) is 10.4. The zero-order valence-electron chi connectivity index (χ0n) is 9.21. The number of unbranched alkanes of at least 4 members (excludes halogenated alkanes) is 1. The van der Waals surface area contributed by atoms with Crippen LogP contribution in [0.5, 0.6) is 0 Å². The van der Waals surface area contributed by atoms with E-state index in [2.05, 4.69) is 12.2 Å². The van der Waals surface area contributed by atoms with Crippen LogP contribution < -0.4 is 5.32 Å². The Morgan fingerprint density at radius 2 is 2.29 bits per heavy atom. The average molecular weight is 199 g/mol. The number of carbonyl (C=O) groups excluding carboxylic acids is 1. The van der Waals surface area contributed by atoms with Gasteiger partial charge in [-0.1, -0.05) is 19.8 Å². The summed E-state index contributed by atoms with van der Waals surface area (Å²) in [4.78, 5) is 11.4. The number of ether oxygens (including phenoxy) is 1. The van der Waals surface area contributed by atoms with Crippen LogP contribution in [0.25, 0.3) is 0 Å². The molecule has 0 amide bonds. The smallest absolute Gasteiger partial charge is 0.322 e. The minimum Gasteiger partial charge on any atom is -0.468 e. The van der Waals surface area contributed by atoms with Gasteiger partial charge >= 0.3 is 5.97 Å². The van der Waals surface area contributed by atoms with Gasteiger partial charge in [0.25, 0.3) is 0 Å². The second-order valence-corrected chi connectivity index (χ2v) is 4.07. The lowest BCUT2D eigenvalue weighted by atomic mass is 10.1. The van der Waals surface area contributed by atoms with Gasteiger partial charge in [-0.05, 0) is 31.7 Å². The van der Waals surface area contributed by atoms with Gasteiger partial charge in [0.15, 0.2) is 0 Å². The van der Waals surface area contributed by atoms with E-state index in [1.54, 1.807) is 0 Å². The Bertz CT molecular complexity index is 178. The Hall–Kier alpha value is -0.570. The van der Waals surface area contributed by atoms with E-state index >= 15 is 0 Å². The van der Waals surface area contributed by atoms with Crippen LogP contribution in [0.4, 0.5) is 0 Å². The first kappa shape index (κ1) is 11.5. The Kier molecular flexibility index (Phi) is 4.94. The standard InChI is InChI=1S/C11H21NO2/c1-3-4-5-10(11(13)14-2)12-8-9-6-7-9/h9-10,12H,3-8H2,1-2H3. The SMILES string of the molecule is CCCCC(NCC1CC1)C(=O)OC. The Morgan fingerprint density at radius 1 is 1.57 bits per heavy atom. The van der Waals surface area contributed by atoms with Gasteiger partial charge in [0, 0.05) is 0 Å². The predicted octanol–water partition coefficient (Wildman–Crippen LogP) is 1.72. The van der Waals surface area contributed by atoms with Crippen LogP contribution >= 0.6 is 0 Å². The fraction of sp³-hybridized carbons (Fsp3) is 0.909. The maximum atomic E-state index is 11.4. The molecule has 0 aromatic carbocycles. The maximum absolute atomic E-state index is 11.4. The molecule has 1 atom stereocenters. The molecule has 0 saturated heterocycles. The van der Waals surface area contributed by atoms with Crippen LogP contribution in [0, 0.1) is 5.92 Å². The third kappa shape index (κ3) is 4.09. The van der Waals surface area contributed by atoms with Gasteiger partial charge in [0.1, 0.15) is 6.04 Å². The number of carbonyl (C=O) groups is 1. The molecule has 0 aromatic heterocycles. The highest BCUT2D eigenvalue weighted by molar-refractivity contribution is 5.75. The zero-order valence-corrected chi connectivity index (χ0v) is 9.21. The molecule has 0 heterocycles. The summed E-state index contributed by atoms with van der Waals surface area (Å²) in [6, 6.07) is -0.0828. The van der Waals surface area contributed by atoms with Crippen molar-refractivity contribution in [3.63, 3.8) is 0 Å². The molecule has 0 bridgehead atoms. The molecule has 3 nitrogen and oxygen atoms in total. The second-order valence-electron chi connectivity index (χ2n) is 4.07. The van der Waals surface area contributed by atoms with E-state index in [1.807, 2.05) is 0 Å². The van der Waals surface area contributed by atoms with Crippen molar-refractivity contribution in [1.82, 2.24) is 5.32 Å². The highest BCUT2D eigenvalue weighted by Crippen LogP contribution is 2.27. The molecule has 0 aliphatic heterocycles. The van der Waals surface area contributed by atoms with Crippen LogP contribution in [-0.4, -0.2) is 25.7 Å². The van der Waals surface area contributed by atoms with E-state index in [1.165, 1.54) is 20.0 Å². The van der Waals surface area contributed by atoms with Crippen molar-refractivity contribution in [2.24, 2.45) is 5.92 Å². The number of rotatable bonds is 7. The first-order chi connectivity index (χ1) is 6.77. The fourth-order valence-corrected chi connectivity index (χ4v) is 1.48. The average Bonchev–Trinajstić information content (AvgIpc) is 3.01. The monoisotopic (exact) mass is 199 g/mol. The summed E-state index contributed by atoms with van der Waals surface area (Å²) in [6.45, 7) is 3.11. The summed E-state index contributed by atoms with van der Waals surface area (Å²) in [6.07, 6.45) is 5.73. The van der Waals surface area contributed by atoms with E-state index in [0.717, 1.165) is 31.7 Å². The normalized spacial score (nSPS) is 17.9. The first-order valence-corrected chi connectivity index (χ1v) is 5.59. The predicted molar refractivity (Wildman–Crippen MR) is 56.1 cm³/mol. The molecule has 1 fully saturated rings. The molecule has 1 N–H and O–H groups in total. The van der Waals surface area contributed by atoms with Crippen molar-refractivity contribution >= 4 is 5.97 Å². The summed E-state index contributed by atoms with van der Waals surface area (Å²) in [5.74, 6) is 0.697. The quantitative estimate of drug-likeness (QED) is 0.634. The van der Waals surface area contributed by atoms with Crippen molar-refractivity contribution < 1.29 is 9.53 Å². The Balaban J connectivity index is 2.22. The molecule has 82 valence electrons. The van der Waals surface area contributed by atoms with E-state index in [9.17, 15) is 4.79 Å². The van der Waals surface area contributed by atoms with Crippen molar-refractivity contribution in [2.45, 2.75) is 45.1 Å². The lowest BCUT2D eigenvalue weighted by Crippen LogP contribution is -2.38. The van der Waals surface area contributed by atoms with Gasteiger partial charge < -0.3 is 10.1 Å². The van der Waals surface area contributed by atoms with Gasteiger partial charge in [-0.25, -0.2) is 0 Å². The lowest BCUT2D eigenvalue weighted by molar-refractivity contribution is -0.143. The third-order valence-electron chi connectivity index (χ3n) is 2.68. The van der Waals surface area contributed by atoms with Gasteiger partial charge in [-0.2, -0.15) is 0 Å². The molecular weight excluding hydrogens is 178 g/mol. The van der Waals surface area contributed by atoms with Crippen LogP contribution in [0.1, 0.15) is 39.0 Å². The minimum atomic E-state index is -0.112. The first-order valence-electron chi connectivity index (χ1n) is 5.59.